The van der Waals surface area contributed by atoms with E-state index in [2.05, 4.69) is 21.8 Å². The predicted molar refractivity (Wildman–Crippen MR) is 105 cm³/mol. The van der Waals surface area contributed by atoms with Crippen molar-refractivity contribution in [2.24, 2.45) is 7.05 Å². The monoisotopic (exact) mass is 366 g/mol. The zero-order valence-electron chi connectivity index (χ0n) is 14.7. The lowest BCUT2D eigenvalue weighted by Gasteiger charge is -2.08. The van der Waals surface area contributed by atoms with Crippen LogP contribution in [0.1, 0.15) is 23.2 Å². The van der Waals surface area contributed by atoms with Crippen LogP contribution >= 0.6 is 11.6 Å². The second-order valence-corrected chi connectivity index (χ2v) is 6.61. The van der Waals surface area contributed by atoms with Crippen LogP contribution in [0.5, 0.6) is 0 Å². The number of para-hydroxylation sites is 2. The van der Waals surface area contributed by atoms with Gasteiger partial charge in [-0.05, 0) is 37.3 Å². The highest BCUT2D eigenvalue weighted by Gasteiger charge is 2.16. The lowest BCUT2D eigenvalue weighted by Crippen LogP contribution is -2.26. The summed E-state index contributed by atoms with van der Waals surface area (Å²) in [5.41, 5.74) is 3.53. The Morgan fingerprint density at radius 1 is 1.15 bits per heavy atom. The van der Waals surface area contributed by atoms with Crippen molar-refractivity contribution in [2.75, 3.05) is 0 Å². The number of nitrogens with zero attached hydrogens (tertiary/aromatic N) is 3. The number of rotatable bonds is 4. The molecule has 0 saturated heterocycles. The van der Waals surface area contributed by atoms with E-state index in [1.807, 2.05) is 60.1 Å². The Kier molecular flexibility index (Phi) is 4.17. The number of aryl methyl sites for hydroxylation is 2. The van der Waals surface area contributed by atoms with E-state index in [0.717, 1.165) is 34.3 Å². The molecule has 1 amide bonds. The number of benzene rings is 2. The van der Waals surface area contributed by atoms with Crippen LogP contribution in [0.2, 0.25) is 5.02 Å². The number of hydrogen-bond donors (Lipinski definition) is 1. The largest absolute Gasteiger partial charge is 0.344 e. The highest BCUT2D eigenvalue weighted by atomic mass is 35.5. The Morgan fingerprint density at radius 2 is 1.92 bits per heavy atom. The normalized spacial score (nSPS) is 11.3. The average Bonchev–Trinajstić information content (AvgIpc) is 3.18. The lowest BCUT2D eigenvalue weighted by atomic mass is 10.2. The van der Waals surface area contributed by atoms with Crippen molar-refractivity contribution in [3.05, 3.63) is 65.1 Å². The maximum atomic E-state index is 12.7. The highest BCUT2D eigenvalue weighted by molar-refractivity contribution is 6.35. The van der Waals surface area contributed by atoms with Crippen LogP contribution in [-0.2, 0) is 20.1 Å². The van der Waals surface area contributed by atoms with Crippen LogP contribution in [-0.4, -0.2) is 20.0 Å². The second kappa shape index (κ2) is 6.50. The van der Waals surface area contributed by atoms with Crippen LogP contribution < -0.4 is 5.32 Å². The number of imidazole rings is 1. The summed E-state index contributed by atoms with van der Waals surface area (Å²) in [6.07, 6.45) is 0. The number of aromatic nitrogens is 3. The molecule has 5 nitrogen and oxygen atoms in total. The fourth-order valence-corrected chi connectivity index (χ4v) is 3.63. The molecule has 26 heavy (non-hydrogen) atoms. The summed E-state index contributed by atoms with van der Waals surface area (Å²) in [5, 5.41) is 4.51. The molecule has 0 aliphatic rings. The van der Waals surface area contributed by atoms with Crippen LogP contribution in [0.3, 0.4) is 0 Å². The minimum absolute atomic E-state index is 0.144. The van der Waals surface area contributed by atoms with E-state index in [0.29, 0.717) is 17.3 Å². The fraction of sp³-hybridized carbons (Fsp3) is 0.200. The van der Waals surface area contributed by atoms with Crippen molar-refractivity contribution >= 4 is 39.4 Å². The molecular weight excluding hydrogens is 348 g/mol. The third-order valence-electron chi connectivity index (χ3n) is 4.72. The summed E-state index contributed by atoms with van der Waals surface area (Å²) in [5.74, 6) is 0.702. The van der Waals surface area contributed by atoms with Gasteiger partial charge in [0.05, 0.1) is 17.6 Å². The topological polar surface area (TPSA) is 51.9 Å². The summed E-state index contributed by atoms with van der Waals surface area (Å²) in [7, 11) is 1.87. The van der Waals surface area contributed by atoms with Gasteiger partial charge in [-0.3, -0.25) is 4.79 Å². The molecule has 0 saturated carbocycles. The molecule has 1 N–H and O–H groups in total. The molecule has 0 bridgehead atoms. The molecule has 0 aliphatic heterocycles. The molecule has 0 atom stereocenters. The molecule has 6 heteroatoms. The van der Waals surface area contributed by atoms with E-state index < -0.39 is 0 Å². The molecule has 2 aromatic carbocycles. The molecule has 2 heterocycles. The van der Waals surface area contributed by atoms with Gasteiger partial charge in [0.25, 0.3) is 5.91 Å². The molecule has 0 spiro atoms. The summed E-state index contributed by atoms with van der Waals surface area (Å²) >= 11 is 6.25. The maximum Gasteiger partial charge on any atom is 0.268 e. The fourth-order valence-electron chi connectivity index (χ4n) is 3.41. The first kappa shape index (κ1) is 16.7. The number of hydrogen-bond acceptors (Lipinski definition) is 2. The zero-order valence-corrected chi connectivity index (χ0v) is 15.4. The Bertz CT molecular complexity index is 1130. The first-order chi connectivity index (χ1) is 12.6. The Hall–Kier alpha value is -2.79. The summed E-state index contributed by atoms with van der Waals surface area (Å²) in [6.45, 7) is 3.25. The molecule has 0 fully saturated rings. The zero-order chi connectivity index (χ0) is 18.3. The van der Waals surface area contributed by atoms with Crippen molar-refractivity contribution in [2.45, 2.75) is 20.0 Å². The molecule has 132 valence electrons. The molecular formula is C20H19ClN4O. The van der Waals surface area contributed by atoms with Gasteiger partial charge in [0.2, 0.25) is 0 Å². The van der Waals surface area contributed by atoms with Crippen LogP contribution in [0.25, 0.3) is 21.9 Å². The van der Waals surface area contributed by atoms with Crippen molar-refractivity contribution < 1.29 is 4.79 Å². The summed E-state index contributed by atoms with van der Waals surface area (Å²) in [4.78, 5) is 17.4. The van der Waals surface area contributed by atoms with E-state index in [-0.39, 0.29) is 5.91 Å². The Labute approximate surface area is 156 Å². The van der Waals surface area contributed by atoms with Gasteiger partial charge < -0.3 is 14.5 Å². The number of carbonyl (C=O) groups excluding carboxylic acids is 1. The Balaban J connectivity index is 1.62. The van der Waals surface area contributed by atoms with Crippen LogP contribution in [0.15, 0.2) is 48.5 Å². The van der Waals surface area contributed by atoms with Crippen molar-refractivity contribution in [1.82, 2.24) is 19.4 Å². The van der Waals surface area contributed by atoms with E-state index in [1.54, 1.807) is 0 Å². The number of halogens is 1. The molecule has 2 aromatic heterocycles. The SMILES string of the molecule is CCn1c(CNC(=O)c2cc3c(Cl)cccc3n2C)nc2ccccc21. The average molecular weight is 367 g/mol. The first-order valence-corrected chi connectivity index (χ1v) is 8.94. The van der Waals surface area contributed by atoms with Crippen molar-refractivity contribution in [1.29, 1.82) is 0 Å². The van der Waals surface area contributed by atoms with Crippen molar-refractivity contribution in [3.63, 3.8) is 0 Å². The summed E-state index contributed by atoms with van der Waals surface area (Å²) in [6, 6.07) is 15.5. The van der Waals surface area contributed by atoms with E-state index in [1.165, 1.54) is 0 Å². The van der Waals surface area contributed by atoms with Gasteiger partial charge in [0, 0.05) is 29.5 Å². The Morgan fingerprint density at radius 3 is 2.69 bits per heavy atom. The van der Waals surface area contributed by atoms with Crippen LogP contribution in [0, 0.1) is 0 Å². The van der Waals surface area contributed by atoms with Gasteiger partial charge in [0.1, 0.15) is 11.5 Å². The molecule has 4 aromatic rings. The quantitative estimate of drug-likeness (QED) is 0.590. The molecule has 0 radical (unpaired) electrons. The lowest BCUT2D eigenvalue weighted by molar-refractivity contribution is 0.0942. The van der Waals surface area contributed by atoms with Gasteiger partial charge in [-0.2, -0.15) is 0 Å². The number of amides is 1. The second-order valence-electron chi connectivity index (χ2n) is 6.20. The van der Waals surface area contributed by atoms with E-state index >= 15 is 0 Å². The highest BCUT2D eigenvalue weighted by Crippen LogP contribution is 2.26. The third kappa shape index (κ3) is 2.65. The minimum Gasteiger partial charge on any atom is -0.344 e. The van der Waals surface area contributed by atoms with Crippen LogP contribution in [0.4, 0.5) is 0 Å². The minimum atomic E-state index is -0.144. The third-order valence-corrected chi connectivity index (χ3v) is 5.05. The van der Waals surface area contributed by atoms with Gasteiger partial charge in [-0.1, -0.05) is 29.8 Å². The first-order valence-electron chi connectivity index (χ1n) is 8.56. The molecule has 0 unspecified atom stereocenters. The van der Waals surface area contributed by atoms with Gasteiger partial charge in [-0.15, -0.1) is 0 Å². The number of carbonyl (C=O) groups is 1. The number of fused-ring (bicyclic) bond motifs is 2. The molecule has 0 aliphatic carbocycles. The van der Waals surface area contributed by atoms with Gasteiger partial charge >= 0.3 is 0 Å². The predicted octanol–water partition coefficient (Wildman–Crippen LogP) is 4.13. The maximum absolute atomic E-state index is 12.7. The smallest absolute Gasteiger partial charge is 0.268 e. The van der Waals surface area contributed by atoms with Gasteiger partial charge in [-0.25, -0.2) is 4.98 Å². The van der Waals surface area contributed by atoms with E-state index in [9.17, 15) is 4.79 Å². The molecule has 4 rings (SSSR count). The van der Waals surface area contributed by atoms with E-state index in [4.69, 9.17) is 11.6 Å². The summed E-state index contributed by atoms with van der Waals surface area (Å²) < 4.78 is 3.98. The number of nitrogens with one attached hydrogen (secondary N) is 1. The standard InChI is InChI=1S/C20H19ClN4O/c1-3-25-17-9-5-4-8-15(17)23-19(25)12-22-20(26)18-11-13-14(21)7-6-10-16(13)24(18)2/h4-11H,3,12H2,1-2H3,(H,22,26). The van der Waals surface area contributed by atoms with Crippen molar-refractivity contribution in [3.8, 4) is 0 Å². The van der Waals surface area contributed by atoms with Gasteiger partial charge in [0.15, 0.2) is 0 Å².